The fourth-order valence-electron chi connectivity index (χ4n) is 3.02. The molecule has 0 saturated heterocycles. The van der Waals surface area contributed by atoms with Crippen LogP contribution in [0.25, 0.3) is 0 Å². The van der Waals surface area contributed by atoms with E-state index >= 15 is 0 Å². The van der Waals surface area contributed by atoms with Gasteiger partial charge in [-0.05, 0) is 19.1 Å². The van der Waals surface area contributed by atoms with E-state index in [0.717, 1.165) is 30.7 Å². The van der Waals surface area contributed by atoms with Gasteiger partial charge in [0.15, 0.2) is 0 Å². The van der Waals surface area contributed by atoms with Gasteiger partial charge in [-0.2, -0.15) is 0 Å². The van der Waals surface area contributed by atoms with E-state index in [9.17, 15) is 13.0 Å². The Morgan fingerprint density at radius 2 is 1.29 bits per heavy atom. The first-order chi connectivity index (χ1) is 13.3. The van der Waals surface area contributed by atoms with E-state index in [1.54, 1.807) is 0 Å². The van der Waals surface area contributed by atoms with Gasteiger partial charge >= 0.3 is 0 Å². The van der Waals surface area contributed by atoms with Crippen molar-refractivity contribution >= 4 is 10.4 Å². The molecule has 2 aromatic rings. The standard InChI is InChI=1S/C20H24N.C2H6O4S/c1-3-15-21(16-4-2,17-19-11-7-5-8-12-19)18-20-13-9-6-10-14-20;1-2-6-7(3,4)5/h3-14H,1-2,15-18H2;2H2,1H3,(H,3,4,5)/q+1;/p-1. The molecule has 152 valence electrons. The predicted molar refractivity (Wildman–Crippen MR) is 112 cm³/mol. The highest BCUT2D eigenvalue weighted by Crippen LogP contribution is 2.20. The van der Waals surface area contributed by atoms with Crippen molar-refractivity contribution in [3.63, 3.8) is 0 Å². The maximum atomic E-state index is 9.45. The summed E-state index contributed by atoms with van der Waals surface area (Å²) in [5, 5.41) is 0. The van der Waals surface area contributed by atoms with Gasteiger partial charge in [-0.25, -0.2) is 8.42 Å². The van der Waals surface area contributed by atoms with Crippen LogP contribution in [0.15, 0.2) is 86.0 Å². The zero-order valence-electron chi connectivity index (χ0n) is 16.4. The summed E-state index contributed by atoms with van der Waals surface area (Å²) in [5.41, 5.74) is 2.72. The van der Waals surface area contributed by atoms with Gasteiger partial charge < -0.3 is 9.04 Å². The molecule has 2 aromatic carbocycles. The highest BCUT2D eigenvalue weighted by Gasteiger charge is 2.25. The molecule has 0 aliphatic carbocycles. The fourth-order valence-corrected chi connectivity index (χ4v) is 3.31. The second kappa shape index (κ2) is 12.3. The van der Waals surface area contributed by atoms with Crippen LogP contribution in [-0.2, 0) is 27.7 Å². The van der Waals surface area contributed by atoms with Crippen molar-refractivity contribution in [2.24, 2.45) is 0 Å². The van der Waals surface area contributed by atoms with Crippen LogP contribution in [0.3, 0.4) is 0 Å². The van der Waals surface area contributed by atoms with Crippen molar-refractivity contribution in [2.75, 3.05) is 19.7 Å². The van der Waals surface area contributed by atoms with Gasteiger partial charge in [-0.15, -0.1) is 0 Å². The first-order valence-electron chi connectivity index (χ1n) is 9.09. The van der Waals surface area contributed by atoms with Crippen molar-refractivity contribution < 1.29 is 21.6 Å². The van der Waals surface area contributed by atoms with Crippen LogP contribution in [0.4, 0.5) is 0 Å². The molecule has 2 rings (SSSR count). The molecule has 0 aromatic heterocycles. The molecule has 5 nitrogen and oxygen atoms in total. The minimum Gasteiger partial charge on any atom is -0.726 e. The van der Waals surface area contributed by atoms with Gasteiger partial charge in [-0.1, -0.05) is 73.8 Å². The van der Waals surface area contributed by atoms with E-state index in [-0.39, 0.29) is 6.61 Å². The highest BCUT2D eigenvalue weighted by molar-refractivity contribution is 7.80. The second-order valence-electron chi connectivity index (χ2n) is 6.39. The predicted octanol–water partition coefficient (Wildman–Crippen LogP) is 4.06. The van der Waals surface area contributed by atoms with Crippen LogP contribution < -0.4 is 0 Å². The Morgan fingerprint density at radius 3 is 1.54 bits per heavy atom. The highest BCUT2D eigenvalue weighted by atomic mass is 32.3. The Kier molecular flexibility index (Phi) is 10.4. The normalized spacial score (nSPS) is 11.2. The van der Waals surface area contributed by atoms with Crippen LogP contribution >= 0.6 is 0 Å². The zero-order chi connectivity index (χ0) is 20.9. The molecule has 6 heteroatoms. The Balaban J connectivity index is 0.000000480. The quantitative estimate of drug-likeness (QED) is 0.260. The van der Waals surface area contributed by atoms with Crippen molar-refractivity contribution in [1.29, 1.82) is 0 Å². The lowest BCUT2D eigenvalue weighted by Crippen LogP contribution is -2.46. The third kappa shape index (κ3) is 9.62. The molecular formula is C22H29NO4S. The minimum atomic E-state index is -4.42. The molecule has 0 fully saturated rings. The molecule has 0 N–H and O–H groups in total. The number of hydrogen-bond acceptors (Lipinski definition) is 4. The zero-order valence-corrected chi connectivity index (χ0v) is 17.2. The minimum absolute atomic E-state index is 0.0914. The van der Waals surface area contributed by atoms with Crippen LogP contribution in [0.1, 0.15) is 18.1 Å². The summed E-state index contributed by atoms with van der Waals surface area (Å²) < 4.78 is 32.9. The summed E-state index contributed by atoms with van der Waals surface area (Å²) in [4.78, 5) is 0. The van der Waals surface area contributed by atoms with E-state index in [0.29, 0.717) is 0 Å². The van der Waals surface area contributed by atoms with Crippen molar-refractivity contribution in [3.05, 3.63) is 97.1 Å². The van der Waals surface area contributed by atoms with Crippen LogP contribution in [0, 0.1) is 0 Å². The molecule has 28 heavy (non-hydrogen) atoms. The Bertz CT molecular complexity index is 751. The lowest BCUT2D eigenvalue weighted by atomic mass is 10.1. The molecule has 0 aliphatic rings. The number of hydrogen-bond donors (Lipinski definition) is 0. The number of rotatable bonds is 10. The number of quaternary nitrogens is 1. The Morgan fingerprint density at radius 1 is 0.893 bits per heavy atom. The van der Waals surface area contributed by atoms with Crippen LogP contribution in [0.5, 0.6) is 0 Å². The molecule has 0 aliphatic heterocycles. The molecule has 0 amide bonds. The summed E-state index contributed by atoms with van der Waals surface area (Å²) >= 11 is 0. The topological polar surface area (TPSA) is 66.4 Å². The first kappa shape index (κ1) is 23.8. The first-order valence-corrected chi connectivity index (χ1v) is 10.4. The molecule has 0 bridgehead atoms. The molecule has 0 spiro atoms. The fraction of sp³-hybridized carbons (Fsp3) is 0.273. The van der Waals surface area contributed by atoms with Gasteiger partial charge in [0.05, 0.1) is 19.7 Å². The summed E-state index contributed by atoms with van der Waals surface area (Å²) in [6.45, 7) is 13.1. The van der Waals surface area contributed by atoms with Crippen LogP contribution in [0.2, 0.25) is 0 Å². The van der Waals surface area contributed by atoms with E-state index in [1.807, 2.05) is 12.2 Å². The van der Waals surface area contributed by atoms with Gasteiger partial charge in [0, 0.05) is 11.1 Å². The largest absolute Gasteiger partial charge is 0.726 e. The molecule has 0 saturated carbocycles. The van der Waals surface area contributed by atoms with Crippen molar-refractivity contribution in [3.8, 4) is 0 Å². The van der Waals surface area contributed by atoms with Gasteiger partial charge in [0.25, 0.3) is 0 Å². The lowest BCUT2D eigenvalue weighted by molar-refractivity contribution is -0.943. The summed E-state index contributed by atoms with van der Waals surface area (Å²) in [7, 11) is -4.42. The molecule has 0 radical (unpaired) electrons. The van der Waals surface area contributed by atoms with E-state index in [1.165, 1.54) is 18.1 Å². The summed E-state index contributed by atoms with van der Waals surface area (Å²) in [5.74, 6) is 0. The SMILES string of the molecule is C=CC[N+](CC=C)(Cc1ccccc1)Cc1ccccc1.CCOS(=O)(=O)[O-]. The average Bonchev–Trinajstić information content (AvgIpc) is 2.63. The maximum Gasteiger partial charge on any atom is 0.217 e. The van der Waals surface area contributed by atoms with E-state index in [4.69, 9.17) is 0 Å². The molecule has 0 atom stereocenters. The van der Waals surface area contributed by atoms with Crippen LogP contribution in [-0.4, -0.2) is 37.1 Å². The van der Waals surface area contributed by atoms with Crippen molar-refractivity contribution in [2.45, 2.75) is 20.0 Å². The third-order valence-corrected chi connectivity index (χ3v) is 4.54. The number of nitrogens with zero attached hydrogens (tertiary/aromatic N) is 1. The monoisotopic (exact) mass is 403 g/mol. The Hall–Kier alpha value is -2.25. The second-order valence-corrected chi connectivity index (χ2v) is 7.44. The Labute approximate surface area is 169 Å². The smallest absolute Gasteiger partial charge is 0.217 e. The van der Waals surface area contributed by atoms with Gasteiger partial charge in [-0.3, -0.25) is 4.18 Å². The van der Waals surface area contributed by atoms with E-state index < -0.39 is 10.4 Å². The number of benzene rings is 2. The van der Waals surface area contributed by atoms with Gasteiger partial charge in [0.1, 0.15) is 13.1 Å². The molecule has 0 unspecified atom stereocenters. The van der Waals surface area contributed by atoms with Crippen molar-refractivity contribution in [1.82, 2.24) is 0 Å². The maximum absolute atomic E-state index is 9.45. The average molecular weight is 404 g/mol. The third-order valence-electron chi connectivity index (χ3n) is 4.02. The molecular weight excluding hydrogens is 374 g/mol. The summed E-state index contributed by atoms with van der Waals surface area (Å²) in [6, 6.07) is 21.3. The molecule has 0 heterocycles. The van der Waals surface area contributed by atoms with Gasteiger partial charge in [0.2, 0.25) is 10.4 Å². The lowest BCUT2D eigenvalue weighted by Gasteiger charge is -2.37. The summed E-state index contributed by atoms with van der Waals surface area (Å²) in [6.07, 6.45) is 4.05. The van der Waals surface area contributed by atoms with E-state index in [2.05, 4.69) is 78.0 Å².